The fourth-order valence-electron chi connectivity index (χ4n) is 11.2. The summed E-state index contributed by atoms with van der Waals surface area (Å²) in [4.78, 5) is 74.9. The van der Waals surface area contributed by atoms with Gasteiger partial charge in [0.05, 0.1) is 11.6 Å². The number of hydrogen-bond donors (Lipinski definition) is 3. The topological polar surface area (TPSA) is 134 Å². The van der Waals surface area contributed by atoms with Gasteiger partial charge in [0.1, 0.15) is 11.8 Å². The zero-order chi connectivity index (χ0) is 46.9. The van der Waals surface area contributed by atoms with Crippen LogP contribution in [-0.4, -0.2) is 59.2 Å². The second-order valence-corrected chi connectivity index (χ2v) is 21.3. The predicted molar refractivity (Wildman–Crippen MR) is 261 cm³/mol. The van der Waals surface area contributed by atoms with E-state index in [1.165, 1.54) is 0 Å². The van der Waals surface area contributed by atoms with E-state index in [2.05, 4.69) is 22.0 Å². The molecular weight excluding hydrogens is 930 g/mol. The summed E-state index contributed by atoms with van der Waals surface area (Å²) in [6.07, 6.45) is 9.02. The number of benzene rings is 4. The molecular formula is C53H56Cl4N4O6. The summed E-state index contributed by atoms with van der Waals surface area (Å²) in [5.74, 6) is -2.92. The van der Waals surface area contributed by atoms with Crippen molar-refractivity contribution in [1.82, 2.24) is 20.9 Å². The summed E-state index contributed by atoms with van der Waals surface area (Å²) in [7, 11) is 0. The molecule has 1 aliphatic heterocycles. The van der Waals surface area contributed by atoms with Gasteiger partial charge in [0.25, 0.3) is 5.91 Å². The van der Waals surface area contributed by atoms with Crippen LogP contribution in [0.15, 0.2) is 97.1 Å². The first-order valence-electron chi connectivity index (χ1n) is 23.8. The number of carbonyl (C=O) groups excluding carboxylic acids is 5. The van der Waals surface area contributed by atoms with E-state index < -0.39 is 58.1 Å². The smallest absolute Gasteiger partial charge is 0.410 e. The molecule has 4 aromatic carbocycles. The van der Waals surface area contributed by atoms with Crippen LogP contribution >= 0.6 is 46.4 Å². The number of carbonyl (C=O) groups is 5. The van der Waals surface area contributed by atoms with Gasteiger partial charge in [-0.3, -0.25) is 24.1 Å². The SMILES string of the molecule is O=C(NC1CC1)C(=O)[C@H](C[C@@H]1CCNC1=O)NC(=O)[C@H](CC1CCCCC1)N(C(=O)Oc1cccc(Cl)c1)C(CC1(c2cccc(Cl)c2)CC1)(c1cccc(Cl)c1)C1(c2cccc(Cl)c2)CC1. The Morgan fingerprint density at radius 1 is 0.731 bits per heavy atom. The first-order chi connectivity index (χ1) is 32.3. The van der Waals surface area contributed by atoms with Crippen molar-refractivity contribution in [3.63, 3.8) is 0 Å². The Labute approximate surface area is 412 Å². The summed E-state index contributed by atoms with van der Waals surface area (Å²) in [6, 6.07) is 26.9. The molecule has 0 aromatic heterocycles. The number of nitrogens with one attached hydrogen (secondary N) is 3. The van der Waals surface area contributed by atoms with Gasteiger partial charge in [-0.15, -0.1) is 0 Å². The third-order valence-corrected chi connectivity index (χ3v) is 16.0. The lowest BCUT2D eigenvalue weighted by Crippen LogP contribution is -2.66. The number of hydrogen-bond acceptors (Lipinski definition) is 6. The Morgan fingerprint density at radius 3 is 1.96 bits per heavy atom. The number of nitrogens with zero attached hydrogens (tertiary/aromatic N) is 1. The van der Waals surface area contributed by atoms with Crippen molar-refractivity contribution in [3.8, 4) is 5.75 Å². The van der Waals surface area contributed by atoms with E-state index in [1.54, 1.807) is 35.2 Å². The number of Topliss-reactive ketones (excluding diaryl/α,β-unsaturated/α-hetero) is 1. The van der Waals surface area contributed by atoms with Gasteiger partial charge in [0.15, 0.2) is 0 Å². The van der Waals surface area contributed by atoms with Gasteiger partial charge in [0, 0.05) is 44.0 Å². The van der Waals surface area contributed by atoms with Crippen LogP contribution in [0.25, 0.3) is 0 Å². The molecule has 67 heavy (non-hydrogen) atoms. The number of ketones is 1. The van der Waals surface area contributed by atoms with Gasteiger partial charge in [-0.1, -0.05) is 121 Å². The second kappa shape index (κ2) is 19.8. The lowest BCUT2D eigenvalue weighted by Gasteiger charge is -2.54. The monoisotopic (exact) mass is 984 g/mol. The van der Waals surface area contributed by atoms with Crippen molar-refractivity contribution in [3.05, 3.63) is 134 Å². The van der Waals surface area contributed by atoms with Gasteiger partial charge >= 0.3 is 6.09 Å². The molecule has 0 radical (unpaired) electrons. The summed E-state index contributed by atoms with van der Waals surface area (Å²) in [6.45, 7) is 0.419. The molecule has 1 unspecified atom stereocenters. The van der Waals surface area contributed by atoms with Crippen molar-refractivity contribution in [1.29, 1.82) is 0 Å². The van der Waals surface area contributed by atoms with E-state index in [9.17, 15) is 14.4 Å². The molecule has 5 fully saturated rings. The Bertz CT molecular complexity index is 2540. The van der Waals surface area contributed by atoms with Crippen LogP contribution in [0, 0.1) is 11.8 Å². The molecule has 10 nitrogen and oxygen atoms in total. The van der Waals surface area contributed by atoms with Crippen LogP contribution < -0.4 is 20.7 Å². The lowest BCUT2D eigenvalue weighted by molar-refractivity contribution is -0.142. The molecule has 1 saturated heterocycles. The minimum Gasteiger partial charge on any atom is -0.410 e. The van der Waals surface area contributed by atoms with Gasteiger partial charge in [0.2, 0.25) is 17.6 Å². The molecule has 352 valence electrons. The van der Waals surface area contributed by atoms with Crippen LogP contribution in [0.3, 0.4) is 0 Å². The number of rotatable bonds is 18. The second-order valence-electron chi connectivity index (χ2n) is 19.6. The third kappa shape index (κ3) is 10.2. The average Bonchev–Trinajstić information content (AvgIpc) is 4.23. The minimum atomic E-state index is -1.39. The molecule has 1 heterocycles. The maximum atomic E-state index is 16.2. The normalized spacial score (nSPS) is 21.2. The highest BCUT2D eigenvalue weighted by molar-refractivity contribution is 6.38. The molecule has 4 amide bonds. The highest BCUT2D eigenvalue weighted by Crippen LogP contribution is 2.69. The van der Waals surface area contributed by atoms with Crippen LogP contribution in [0.5, 0.6) is 5.75 Å². The van der Waals surface area contributed by atoms with Crippen molar-refractivity contribution in [2.24, 2.45) is 11.8 Å². The highest BCUT2D eigenvalue weighted by atomic mass is 35.5. The summed E-state index contributed by atoms with van der Waals surface area (Å²) in [5, 5.41) is 10.6. The molecule has 0 spiro atoms. The van der Waals surface area contributed by atoms with Gasteiger partial charge < -0.3 is 20.7 Å². The third-order valence-electron chi connectivity index (χ3n) is 15.1. The molecule has 3 N–H and O–H groups in total. The predicted octanol–water partition coefficient (Wildman–Crippen LogP) is 11.0. The first kappa shape index (κ1) is 47.5. The Morgan fingerprint density at radius 2 is 1.36 bits per heavy atom. The van der Waals surface area contributed by atoms with Crippen molar-refractivity contribution in [2.75, 3.05) is 6.54 Å². The minimum absolute atomic E-state index is 0.0140. The lowest BCUT2D eigenvalue weighted by atomic mass is 9.63. The standard InChI is InChI=1S/C53H56Cl4N4O6/c54-38-13-4-10-35(28-38)51(21-22-51)32-53(37-12-6-15-40(56)30-37,52(23-24-52)36-11-5-14-39(55)29-36)61(50(66)67-43-17-7-16-41(57)31-43)45(26-33-8-2-1-3-9-33)48(64)60-44(27-34-20-25-58-47(34)63)46(62)49(65)59-42-18-19-42/h4-7,10-17,28-31,33-34,42,44-45H,1-3,8-9,18-27,32H2,(H,58,63)(H,59,65)(H,60,64)/t34-,44-,45-,53?/m0/s1. The molecule has 5 aliphatic rings. The van der Waals surface area contributed by atoms with E-state index in [0.717, 1.165) is 68.9 Å². The van der Waals surface area contributed by atoms with Crippen LogP contribution in [0.4, 0.5) is 4.79 Å². The summed E-state index contributed by atoms with van der Waals surface area (Å²) >= 11 is 27.2. The van der Waals surface area contributed by atoms with E-state index in [1.807, 2.05) is 60.7 Å². The van der Waals surface area contributed by atoms with E-state index in [-0.39, 0.29) is 36.5 Å². The fourth-order valence-corrected chi connectivity index (χ4v) is 12.0. The zero-order valence-electron chi connectivity index (χ0n) is 37.3. The molecule has 4 aliphatic carbocycles. The molecule has 4 saturated carbocycles. The Kier molecular flexibility index (Phi) is 14.0. The first-order valence-corrected chi connectivity index (χ1v) is 25.3. The number of ether oxygens (including phenoxy) is 1. The summed E-state index contributed by atoms with van der Waals surface area (Å²) in [5.41, 5.74) is -0.160. The Hall–Kier alpha value is -4.61. The van der Waals surface area contributed by atoms with Gasteiger partial charge in [-0.25, -0.2) is 4.79 Å². The van der Waals surface area contributed by atoms with Crippen LogP contribution in [0.1, 0.15) is 113 Å². The highest BCUT2D eigenvalue weighted by Gasteiger charge is 2.70. The molecule has 14 heteroatoms. The van der Waals surface area contributed by atoms with E-state index in [4.69, 9.17) is 51.1 Å². The number of halogens is 4. The quantitative estimate of drug-likeness (QED) is 0.0850. The maximum Gasteiger partial charge on any atom is 0.416 e. The van der Waals surface area contributed by atoms with E-state index >= 15 is 9.59 Å². The van der Waals surface area contributed by atoms with Crippen LogP contribution in [0.2, 0.25) is 20.1 Å². The average molecular weight is 987 g/mol. The summed E-state index contributed by atoms with van der Waals surface area (Å²) < 4.78 is 6.50. The molecule has 9 rings (SSSR count). The largest absolute Gasteiger partial charge is 0.416 e. The fraction of sp³-hybridized carbons (Fsp3) is 0.453. The molecule has 4 aromatic rings. The number of amides is 4. The molecule has 0 bridgehead atoms. The van der Waals surface area contributed by atoms with Crippen LogP contribution in [-0.2, 0) is 35.5 Å². The van der Waals surface area contributed by atoms with Crippen molar-refractivity contribution >= 4 is 76.0 Å². The maximum absolute atomic E-state index is 16.2. The van der Waals surface area contributed by atoms with Gasteiger partial charge in [-0.2, -0.15) is 0 Å². The molecule has 4 atom stereocenters. The Balaban J connectivity index is 1.28. The van der Waals surface area contributed by atoms with Gasteiger partial charge in [-0.05, 0) is 147 Å². The zero-order valence-corrected chi connectivity index (χ0v) is 40.4. The van der Waals surface area contributed by atoms with Crippen molar-refractivity contribution in [2.45, 2.75) is 131 Å². The van der Waals surface area contributed by atoms with Crippen molar-refractivity contribution < 1.29 is 28.7 Å². The van der Waals surface area contributed by atoms with E-state index in [0.29, 0.717) is 57.9 Å².